The Bertz CT molecular complexity index is 315. The number of hydrogen-bond acceptors (Lipinski definition) is 1. The van der Waals surface area contributed by atoms with E-state index in [2.05, 4.69) is 64.2 Å². The third-order valence-electron chi connectivity index (χ3n) is 3.34. The van der Waals surface area contributed by atoms with Crippen LogP contribution in [-0.2, 0) is 0 Å². The third kappa shape index (κ3) is 3.55. The molecule has 1 heteroatoms. The zero-order valence-corrected chi connectivity index (χ0v) is 11.2. The standard InChI is InChI=1S/C15H25N/c1-11(2)13(5)10-16-15-9-7-6-8-14(15)12(3)4/h6-9,11-13,16H,10H2,1-5H3. The van der Waals surface area contributed by atoms with E-state index in [1.54, 1.807) is 0 Å². The number of anilines is 1. The van der Waals surface area contributed by atoms with Crippen molar-refractivity contribution >= 4 is 5.69 Å². The van der Waals surface area contributed by atoms with Crippen LogP contribution in [0.4, 0.5) is 5.69 Å². The summed E-state index contributed by atoms with van der Waals surface area (Å²) in [4.78, 5) is 0. The summed E-state index contributed by atoms with van der Waals surface area (Å²) < 4.78 is 0. The van der Waals surface area contributed by atoms with E-state index in [1.165, 1.54) is 11.3 Å². The number of hydrogen-bond donors (Lipinski definition) is 1. The highest BCUT2D eigenvalue weighted by Gasteiger charge is 2.09. The largest absolute Gasteiger partial charge is 0.385 e. The van der Waals surface area contributed by atoms with Gasteiger partial charge in [0.05, 0.1) is 0 Å². The van der Waals surface area contributed by atoms with Crippen molar-refractivity contribution in [1.29, 1.82) is 0 Å². The molecule has 0 bridgehead atoms. The molecule has 0 saturated heterocycles. The lowest BCUT2D eigenvalue weighted by atomic mass is 9.97. The minimum Gasteiger partial charge on any atom is -0.385 e. The molecule has 1 aromatic rings. The smallest absolute Gasteiger partial charge is 0.0375 e. The van der Waals surface area contributed by atoms with Gasteiger partial charge in [-0.1, -0.05) is 52.8 Å². The Kier molecular flexibility index (Phi) is 4.85. The van der Waals surface area contributed by atoms with Crippen molar-refractivity contribution < 1.29 is 0 Å². The molecule has 0 fully saturated rings. The minimum absolute atomic E-state index is 0.582. The molecule has 1 aromatic carbocycles. The van der Waals surface area contributed by atoms with E-state index in [0.717, 1.165) is 12.5 Å². The predicted octanol–water partition coefficient (Wildman–Crippen LogP) is 4.51. The van der Waals surface area contributed by atoms with E-state index >= 15 is 0 Å². The fraction of sp³-hybridized carbons (Fsp3) is 0.600. The summed E-state index contributed by atoms with van der Waals surface area (Å²) in [5.41, 5.74) is 2.71. The van der Waals surface area contributed by atoms with Gasteiger partial charge in [0.15, 0.2) is 0 Å². The number of nitrogens with one attached hydrogen (secondary N) is 1. The molecule has 0 amide bonds. The maximum Gasteiger partial charge on any atom is 0.0375 e. The van der Waals surface area contributed by atoms with Crippen LogP contribution >= 0.6 is 0 Å². The van der Waals surface area contributed by atoms with Gasteiger partial charge in [-0.25, -0.2) is 0 Å². The van der Waals surface area contributed by atoms with E-state index in [-0.39, 0.29) is 0 Å². The summed E-state index contributed by atoms with van der Waals surface area (Å²) in [6, 6.07) is 8.62. The molecular formula is C15H25N. The van der Waals surface area contributed by atoms with Crippen LogP contribution in [0.2, 0.25) is 0 Å². The van der Waals surface area contributed by atoms with Crippen molar-refractivity contribution in [1.82, 2.24) is 0 Å². The van der Waals surface area contributed by atoms with Crippen molar-refractivity contribution in [2.24, 2.45) is 11.8 Å². The number of rotatable bonds is 5. The Balaban J connectivity index is 2.66. The predicted molar refractivity (Wildman–Crippen MR) is 73.0 cm³/mol. The van der Waals surface area contributed by atoms with Gasteiger partial charge >= 0.3 is 0 Å². The molecule has 1 rings (SSSR count). The van der Waals surface area contributed by atoms with Gasteiger partial charge in [-0.05, 0) is 29.4 Å². The minimum atomic E-state index is 0.582. The molecule has 0 radical (unpaired) electrons. The van der Waals surface area contributed by atoms with Crippen LogP contribution < -0.4 is 5.32 Å². The topological polar surface area (TPSA) is 12.0 Å². The highest BCUT2D eigenvalue weighted by Crippen LogP contribution is 2.24. The summed E-state index contributed by atoms with van der Waals surface area (Å²) in [7, 11) is 0. The summed E-state index contributed by atoms with van der Waals surface area (Å²) >= 11 is 0. The normalized spacial score (nSPS) is 13.2. The average Bonchev–Trinajstić information content (AvgIpc) is 2.25. The van der Waals surface area contributed by atoms with E-state index in [1.807, 2.05) is 0 Å². The van der Waals surface area contributed by atoms with E-state index in [9.17, 15) is 0 Å². The molecule has 0 aliphatic rings. The Morgan fingerprint density at radius 3 is 2.19 bits per heavy atom. The SMILES string of the molecule is CC(C)c1ccccc1NCC(C)C(C)C. The molecule has 1 unspecified atom stereocenters. The van der Waals surface area contributed by atoms with Gasteiger partial charge in [0.25, 0.3) is 0 Å². The van der Waals surface area contributed by atoms with E-state index in [4.69, 9.17) is 0 Å². The van der Waals surface area contributed by atoms with Gasteiger partial charge in [-0.3, -0.25) is 0 Å². The first-order valence-electron chi connectivity index (χ1n) is 6.35. The molecule has 90 valence electrons. The van der Waals surface area contributed by atoms with Crippen molar-refractivity contribution in [3.63, 3.8) is 0 Å². The summed E-state index contributed by atoms with van der Waals surface area (Å²) in [5.74, 6) is 2.02. The summed E-state index contributed by atoms with van der Waals surface area (Å²) in [6.45, 7) is 12.4. The monoisotopic (exact) mass is 219 g/mol. The molecule has 0 spiro atoms. The van der Waals surface area contributed by atoms with Crippen molar-refractivity contribution in [2.45, 2.75) is 40.5 Å². The van der Waals surface area contributed by atoms with Gasteiger partial charge in [-0.15, -0.1) is 0 Å². The first-order chi connectivity index (χ1) is 7.52. The third-order valence-corrected chi connectivity index (χ3v) is 3.34. The Morgan fingerprint density at radius 2 is 1.62 bits per heavy atom. The van der Waals surface area contributed by atoms with Crippen LogP contribution in [0.15, 0.2) is 24.3 Å². The highest BCUT2D eigenvalue weighted by molar-refractivity contribution is 5.52. The quantitative estimate of drug-likeness (QED) is 0.768. The molecule has 0 aliphatic carbocycles. The summed E-state index contributed by atoms with van der Waals surface area (Å²) in [5, 5.41) is 3.58. The molecule has 1 nitrogen and oxygen atoms in total. The van der Waals surface area contributed by atoms with Crippen LogP contribution in [0.3, 0.4) is 0 Å². The zero-order valence-electron chi connectivity index (χ0n) is 11.2. The van der Waals surface area contributed by atoms with Crippen LogP contribution in [0, 0.1) is 11.8 Å². The van der Waals surface area contributed by atoms with Gasteiger partial charge in [0.1, 0.15) is 0 Å². The first kappa shape index (κ1) is 13.1. The molecule has 1 N–H and O–H groups in total. The maximum absolute atomic E-state index is 3.58. The van der Waals surface area contributed by atoms with Crippen LogP contribution in [0.1, 0.15) is 46.1 Å². The second-order valence-corrected chi connectivity index (χ2v) is 5.34. The molecule has 1 atom stereocenters. The Hall–Kier alpha value is -0.980. The van der Waals surface area contributed by atoms with Crippen LogP contribution in [0.25, 0.3) is 0 Å². The van der Waals surface area contributed by atoms with Gasteiger partial charge in [0.2, 0.25) is 0 Å². The lowest BCUT2D eigenvalue weighted by Crippen LogP contribution is -2.17. The molecule has 0 saturated carbocycles. The van der Waals surface area contributed by atoms with E-state index in [0.29, 0.717) is 11.8 Å². The fourth-order valence-electron chi connectivity index (χ4n) is 1.67. The second-order valence-electron chi connectivity index (χ2n) is 5.34. The molecule has 0 aromatic heterocycles. The zero-order chi connectivity index (χ0) is 12.1. The first-order valence-corrected chi connectivity index (χ1v) is 6.35. The molecular weight excluding hydrogens is 194 g/mol. The highest BCUT2D eigenvalue weighted by atomic mass is 14.9. The molecule has 16 heavy (non-hydrogen) atoms. The average molecular weight is 219 g/mol. The van der Waals surface area contributed by atoms with Gasteiger partial charge in [0, 0.05) is 12.2 Å². The Labute approximate surface area is 100 Å². The lowest BCUT2D eigenvalue weighted by Gasteiger charge is -2.19. The summed E-state index contributed by atoms with van der Waals surface area (Å²) in [6.07, 6.45) is 0. The van der Waals surface area contributed by atoms with E-state index < -0.39 is 0 Å². The maximum atomic E-state index is 3.58. The fourth-order valence-corrected chi connectivity index (χ4v) is 1.67. The lowest BCUT2D eigenvalue weighted by molar-refractivity contribution is 0.439. The van der Waals surface area contributed by atoms with Gasteiger partial charge in [-0.2, -0.15) is 0 Å². The number of benzene rings is 1. The van der Waals surface area contributed by atoms with Crippen molar-refractivity contribution in [3.05, 3.63) is 29.8 Å². The molecule has 0 aliphatic heterocycles. The number of para-hydroxylation sites is 1. The Morgan fingerprint density at radius 1 is 1.00 bits per heavy atom. The molecule has 0 heterocycles. The van der Waals surface area contributed by atoms with Crippen molar-refractivity contribution in [3.8, 4) is 0 Å². The van der Waals surface area contributed by atoms with Crippen LogP contribution in [-0.4, -0.2) is 6.54 Å². The van der Waals surface area contributed by atoms with Crippen molar-refractivity contribution in [2.75, 3.05) is 11.9 Å². The van der Waals surface area contributed by atoms with Gasteiger partial charge < -0.3 is 5.32 Å². The van der Waals surface area contributed by atoms with Crippen LogP contribution in [0.5, 0.6) is 0 Å². The second kappa shape index (κ2) is 5.93.